The molecule has 0 saturated carbocycles. The first-order chi connectivity index (χ1) is 9.24. The largest absolute Gasteiger partial charge is 0.492 e. The summed E-state index contributed by atoms with van der Waals surface area (Å²) in [6.45, 7) is 1.75. The zero-order valence-corrected chi connectivity index (χ0v) is 10.5. The van der Waals surface area contributed by atoms with Gasteiger partial charge < -0.3 is 20.4 Å². The molecule has 1 aromatic heterocycles. The van der Waals surface area contributed by atoms with E-state index in [1.54, 1.807) is 12.5 Å². The van der Waals surface area contributed by atoms with Crippen molar-refractivity contribution in [3.8, 4) is 5.75 Å². The number of imidazole rings is 1. The maximum absolute atomic E-state index is 10.6. The molecule has 2 aromatic rings. The van der Waals surface area contributed by atoms with Crippen LogP contribution in [0.15, 0.2) is 43.0 Å². The van der Waals surface area contributed by atoms with Gasteiger partial charge in [-0.15, -0.1) is 0 Å². The molecule has 3 N–H and O–H groups in total. The zero-order chi connectivity index (χ0) is 13.5. The first-order valence-electron chi connectivity index (χ1n) is 5.95. The number of ether oxygens (including phenoxy) is 1. The molecule has 1 aromatic carbocycles. The summed E-state index contributed by atoms with van der Waals surface area (Å²) in [6, 6.07) is 6.99. The third-order valence-corrected chi connectivity index (χ3v) is 2.57. The van der Waals surface area contributed by atoms with Crippen molar-refractivity contribution in [1.29, 1.82) is 0 Å². The Kier molecular flexibility index (Phi) is 4.39. The third-order valence-electron chi connectivity index (χ3n) is 2.57. The van der Waals surface area contributed by atoms with Crippen molar-refractivity contribution < 1.29 is 9.53 Å². The molecule has 0 radical (unpaired) electrons. The predicted molar refractivity (Wildman–Crippen MR) is 70.6 cm³/mol. The van der Waals surface area contributed by atoms with Gasteiger partial charge in [0, 0.05) is 18.9 Å². The fourth-order valence-electron chi connectivity index (χ4n) is 1.58. The second kappa shape index (κ2) is 6.44. The Balaban J connectivity index is 1.76. The number of nitrogens with one attached hydrogen (secondary N) is 1. The number of rotatable bonds is 6. The summed E-state index contributed by atoms with van der Waals surface area (Å²) in [7, 11) is 0. The highest BCUT2D eigenvalue weighted by Gasteiger charge is 1.97. The fraction of sp³-hybridized carbons (Fsp3) is 0.231. The number of hydrogen-bond donors (Lipinski definition) is 2. The van der Waals surface area contributed by atoms with E-state index in [1.165, 1.54) is 0 Å². The molecule has 0 spiro atoms. The number of primary amides is 1. The maximum atomic E-state index is 10.6. The molecule has 0 aliphatic rings. The van der Waals surface area contributed by atoms with E-state index in [2.05, 4.69) is 10.3 Å². The highest BCUT2D eigenvalue weighted by molar-refractivity contribution is 5.71. The van der Waals surface area contributed by atoms with E-state index in [0.717, 1.165) is 17.9 Å². The van der Waals surface area contributed by atoms with Gasteiger partial charge >= 0.3 is 6.03 Å². The van der Waals surface area contributed by atoms with Crippen LogP contribution in [0.2, 0.25) is 0 Å². The summed E-state index contributed by atoms with van der Waals surface area (Å²) in [6.07, 6.45) is 5.38. The minimum absolute atomic E-state index is 0.421. The van der Waals surface area contributed by atoms with Crippen molar-refractivity contribution in [1.82, 2.24) is 14.9 Å². The Hall–Kier alpha value is -2.50. The molecule has 0 unspecified atom stereocenters. The topological polar surface area (TPSA) is 82.2 Å². The Morgan fingerprint density at radius 3 is 2.79 bits per heavy atom. The maximum Gasteiger partial charge on any atom is 0.312 e. The number of hydrogen-bond acceptors (Lipinski definition) is 3. The number of carbonyl (C=O) groups excluding carboxylic acids is 1. The van der Waals surface area contributed by atoms with Crippen molar-refractivity contribution in [3.05, 3.63) is 48.5 Å². The third kappa shape index (κ3) is 4.34. The summed E-state index contributed by atoms with van der Waals surface area (Å²) in [5, 5.41) is 2.53. The molecule has 0 aliphatic heterocycles. The van der Waals surface area contributed by atoms with Gasteiger partial charge in [0.05, 0.1) is 12.9 Å². The zero-order valence-electron chi connectivity index (χ0n) is 10.5. The van der Waals surface area contributed by atoms with Gasteiger partial charge in [-0.25, -0.2) is 9.78 Å². The normalized spacial score (nSPS) is 10.1. The van der Waals surface area contributed by atoms with Crippen LogP contribution in [0.3, 0.4) is 0 Å². The van der Waals surface area contributed by atoms with E-state index < -0.39 is 6.03 Å². The summed E-state index contributed by atoms with van der Waals surface area (Å²) in [4.78, 5) is 14.5. The number of carbonyl (C=O) groups is 1. The molecule has 0 atom stereocenters. The van der Waals surface area contributed by atoms with Gasteiger partial charge in [0.15, 0.2) is 0 Å². The first kappa shape index (κ1) is 12.9. The van der Waals surface area contributed by atoms with E-state index in [4.69, 9.17) is 10.5 Å². The monoisotopic (exact) mass is 260 g/mol. The van der Waals surface area contributed by atoms with Crippen molar-refractivity contribution in [2.75, 3.05) is 6.61 Å². The summed E-state index contributed by atoms with van der Waals surface area (Å²) < 4.78 is 7.55. The van der Waals surface area contributed by atoms with Gasteiger partial charge in [0.1, 0.15) is 12.4 Å². The molecular weight excluding hydrogens is 244 g/mol. The van der Waals surface area contributed by atoms with Crippen LogP contribution in [-0.2, 0) is 13.1 Å². The molecule has 2 amide bonds. The predicted octanol–water partition coefficient (Wildman–Crippen LogP) is 1.13. The highest BCUT2D eigenvalue weighted by atomic mass is 16.5. The fourth-order valence-corrected chi connectivity index (χ4v) is 1.58. The van der Waals surface area contributed by atoms with Crippen molar-refractivity contribution in [2.45, 2.75) is 13.1 Å². The Morgan fingerprint density at radius 1 is 1.37 bits per heavy atom. The number of amides is 2. The van der Waals surface area contributed by atoms with E-state index >= 15 is 0 Å². The van der Waals surface area contributed by atoms with Crippen molar-refractivity contribution >= 4 is 6.03 Å². The molecule has 1 heterocycles. The molecule has 0 fully saturated rings. The number of nitrogens with two attached hydrogens (primary N) is 1. The summed E-state index contributed by atoms with van der Waals surface area (Å²) in [5.41, 5.74) is 5.97. The van der Waals surface area contributed by atoms with Crippen LogP contribution in [0.4, 0.5) is 4.79 Å². The minimum atomic E-state index is -0.527. The van der Waals surface area contributed by atoms with Crippen molar-refractivity contribution in [3.63, 3.8) is 0 Å². The van der Waals surface area contributed by atoms with Crippen LogP contribution in [0.5, 0.6) is 5.75 Å². The van der Waals surface area contributed by atoms with Gasteiger partial charge in [-0.2, -0.15) is 0 Å². The SMILES string of the molecule is NC(=O)NCc1ccc(OCCn2ccnc2)cc1. The average molecular weight is 260 g/mol. The van der Waals surface area contributed by atoms with E-state index in [0.29, 0.717) is 13.2 Å². The molecule has 19 heavy (non-hydrogen) atoms. The standard InChI is InChI=1S/C13H16N4O2/c14-13(18)16-9-11-1-3-12(4-2-11)19-8-7-17-6-5-15-10-17/h1-6,10H,7-9H2,(H3,14,16,18). The lowest BCUT2D eigenvalue weighted by Crippen LogP contribution is -2.28. The smallest absolute Gasteiger partial charge is 0.312 e. The molecule has 6 heteroatoms. The van der Waals surface area contributed by atoms with Crippen LogP contribution in [0.1, 0.15) is 5.56 Å². The Labute approximate surface area is 111 Å². The lowest BCUT2D eigenvalue weighted by atomic mass is 10.2. The molecule has 0 saturated heterocycles. The van der Waals surface area contributed by atoms with E-state index in [-0.39, 0.29) is 0 Å². The van der Waals surface area contributed by atoms with Gasteiger partial charge in [-0.1, -0.05) is 12.1 Å². The first-order valence-corrected chi connectivity index (χ1v) is 5.95. The van der Waals surface area contributed by atoms with Gasteiger partial charge in [-0.3, -0.25) is 0 Å². The van der Waals surface area contributed by atoms with Gasteiger partial charge in [0.2, 0.25) is 0 Å². The number of benzene rings is 1. The van der Waals surface area contributed by atoms with Crippen molar-refractivity contribution in [2.24, 2.45) is 5.73 Å². The van der Waals surface area contributed by atoms with Crippen LogP contribution < -0.4 is 15.8 Å². The molecule has 6 nitrogen and oxygen atoms in total. The van der Waals surface area contributed by atoms with Gasteiger partial charge in [-0.05, 0) is 17.7 Å². The highest BCUT2D eigenvalue weighted by Crippen LogP contribution is 2.12. The second-order valence-electron chi connectivity index (χ2n) is 4.01. The molecular formula is C13H16N4O2. The number of nitrogens with zero attached hydrogens (tertiary/aromatic N) is 2. The summed E-state index contributed by atoms with van der Waals surface area (Å²) >= 11 is 0. The van der Waals surface area contributed by atoms with Crippen LogP contribution in [0, 0.1) is 0 Å². The quantitative estimate of drug-likeness (QED) is 0.816. The van der Waals surface area contributed by atoms with E-state index in [1.807, 2.05) is 35.0 Å². The van der Waals surface area contributed by atoms with Crippen LogP contribution in [-0.4, -0.2) is 22.2 Å². The van der Waals surface area contributed by atoms with E-state index in [9.17, 15) is 4.79 Å². The molecule has 0 aliphatic carbocycles. The molecule has 100 valence electrons. The van der Waals surface area contributed by atoms with Crippen LogP contribution >= 0.6 is 0 Å². The second-order valence-corrected chi connectivity index (χ2v) is 4.01. The number of aromatic nitrogens is 2. The minimum Gasteiger partial charge on any atom is -0.492 e. The average Bonchev–Trinajstić information content (AvgIpc) is 2.91. The Bertz CT molecular complexity index is 508. The lowest BCUT2D eigenvalue weighted by Gasteiger charge is -2.08. The molecule has 2 rings (SSSR count). The van der Waals surface area contributed by atoms with Gasteiger partial charge in [0.25, 0.3) is 0 Å². The van der Waals surface area contributed by atoms with Crippen LogP contribution in [0.25, 0.3) is 0 Å². The summed E-state index contributed by atoms with van der Waals surface area (Å²) in [5.74, 6) is 0.794. The Morgan fingerprint density at radius 2 is 2.16 bits per heavy atom. The lowest BCUT2D eigenvalue weighted by molar-refractivity contribution is 0.248. The number of urea groups is 1. The molecule has 0 bridgehead atoms.